The van der Waals surface area contributed by atoms with Gasteiger partial charge in [0.1, 0.15) is 0 Å². The molecule has 2 aromatic heterocycles. The Kier molecular flexibility index (Phi) is 7.17. The molecule has 0 radical (unpaired) electrons. The van der Waals surface area contributed by atoms with Gasteiger partial charge in [0.05, 0.1) is 10.9 Å². The van der Waals surface area contributed by atoms with Gasteiger partial charge in [0.25, 0.3) is 0 Å². The van der Waals surface area contributed by atoms with Gasteiger partial charge in [-0.2, -0.15) is 0 Å². The van der Waals surface area contributed by atoms with Crippen LogP contribution in [0.15, 0.2) is 170 Å². The predicted octanol–water partition coefficient (Wildman–Crippen LogP) is 7.83. The Balaban J connectivity index is 1.49. The fourth-order valence-corrected chi connectivity index (χ4v) is 11.1. The fourth-order valence-electron chi connectivity index (χ4n) is 6.22. The highest BCUT2D eigenvalue weighted by Crippen LogP contribution is 2.45. The van der Waals surface area contributed by atoms with Gasteiger partial charge in [-0.1, -0.05) is 158 Å². The van der Waals surface area contributed by atoms with Crippen LogP contribution in [0.2, 0.25) is 0 Å². The van der Waals surface area contributed by atoms with Gasteiger partial charge in [-0.25, -0.2) is 0 Å². The van der Waals surface area contributed by atoms with E-state index in [-0.39, 0.29) is 0 Å². The van der Waals surface area contributed by atoms with Crippen LogP contribution in [0.1, 0.15) is 0 Å². The molecule has 210 valence electrons. The van der Waals surface area contributed by atoms with Crippen LogP contribution in [-0.4, -0.2) is 9.97 Å². The first-order chi connectivity index (χ1) is 21.9. The molecule has 44 heavy (non-hydrogen) atoms. The molecule has 4 heteroatoms. The van der Waals surface area contributed by atoms with Crippen LogP contribution in [-0.2, 0) is 0 Å². The summed E-state index contributed by atoms with van der Waals surface area (Å²) in [5.74, 6) is 0. The summed E-state index contributed by atoms with van der Waals surface area (Å²) in [5, 5.41) is 7.83. The SMILES string of the molecule is c1ccc(P(c2ccccc2)c2[nH]c3ccccc3c2-c2c(P(c3ccccc3)c3ccccc3)[nH]c3ccccc23)cc1. The van der Waals surface area contributed by atoms with Crippen LogP contribution in [0.25, 0.3) is 32.9 Å². The number of fused-ring (bicyclic) bond motifs is 2. The van der Waals surface area contributed by atoms with Gasteiger partial charge < -0.3 is 9.97 Å². The highest BCUT2D eigenvalue weighted by atomic mass is 31.1. The van der Waals surface area contributed by atoms with E-state index in [1.807, 2.05) is 0 Å². The second-order valence-corrected chi connectivity index (χ2v) is 15.1. The Hall–Kier alpha value is -4.74. The molecule has 2 heterocycles. The molecule has 0 aliphatic heterocycles. The molecular weight excluding hydrogens is 570 g/mol. The minimum Gasteiger partial charge on any atom is -0.354 e. The van der Waals surface area contributed by atoms with E-state index in [1.165, 1.54) is 54.0 Å². The molecule has 0 fully saturated rings. The molecule has 0 amide bonds. The van der Waals surface area contributed by atoms with Crippen LogP contribution in [0.5, 0.6) is 0 Å². The number of nitrogens with one attached hydrogen (secondary N) is 2. The zero-order chi connectivity index (χ0) is 29.3. The van der Waals surface area contributed by atoms with Crippen molar-refractivity contribution in [1.29, 1.82) is 0 Å². The van der Waals surface area contributed by atoms with Crippen LogP contribution < -0.4 is 32.1 Å². The Bertz CT molecular complexity index is 1930. The van der Waals surface area contributed by atoms with E-state index < -0.39 is 15.8 Å². The molecule has 0 atom stereocenters. The summed E-state index contributed by atoms with van der Waals surface area (Å²) in [6.07, 6.45) is 0. The number of rotatable bonds is 7. The standard InChI is InChI=1S/C40H30N2P2/c1-5-17-29(18-6-1)43(30-19-7-2-8-20-30)39-37(33-25-13-15-27-35(33)41-39)38-34-26-14-16-28-36(34)42-40(38)44(31-21-9-3-10-22-31)32-23-11-4-12-24-32/h1-28,41-42H. The zero-order valence-electron chi connectivity index (χ0n) is 24.1. The summed E-state index contributed by atoms with van der Waals surface area (Å²) in [4.78, 5) is 7.96. The maximum atomic E-state index is 3.98. The van der Waals surface area contributed by atoms with Gasteiger partial charge in [-0.15, -0.1) is 0 Å². The Morgan fingerprint density at radius 2 is 0.568 bits per heavy atom. The summed E-state index contributed by atoms with van der Waals surface area (Å²) >= 11 is 0. The van der Waals surface area contributed by atoms with E-state index in [1.54, 1.807) is 0 Å². The van der Waals surface area contributed by atoms with Gasteiger partial charge >= 0.3 is 0 Å². The van der Waals surface area contributed by atoms with Crippen molar-refractivity contribution in [2.75, 3.05) is 0 Å². The number of aromatic amines is 2. The van der Waals surface area contributed by atoms with Gasteiger partial charge in [-0.05, 0) is 33.4 Å². The van der Waals surface area contributed by atoms with Crippen molar-refractivity contribution in [2.24, 2.45) is 0 Å². The third-order valence-corrected chi connectivity index (χ3v) is 13.0. The lowest BCUT2D eigenvalue weighted by Crippen LogP contribution is -2.25. The molecule has 0 saturated heterocycles. The topological polar surface area (TPSA) is 31.6 Å². The Morgan fingerprint density at radius 1 is 0.295 bits per heavy atom. The summed E-state index contributed by atoms with van der Waals surface area (Å²) in [6.45, 7) is 0. The normalized spacial score (nSPS) is 11.6. The van der Waals surface area contributed by atoms with E-state index in [0.717, 1.165) is 11.0 Å². The molecule has 8 aromatic rings. The number of aromatic nitrogens is 2. The van der Waals surface area contributed by atoms with Crippen molar-refractivity contribution in [3.05, 3.63) is 170 Å². The number of hydrogen-bond donors (Lipinski definition) is 2. The second kappa shape index (κ2) is 11.7. The predicted molar refractivity (Wildman–Crippen MR) is 193 cm³/mol. The first-order valence-electron chi connectivity index (χ1n) is 14.9. The molecule has 8 rings (SSSR count). The minimum absolute atomic E-state index is 0.876. The maximum Gasteiger partial charge on any atom is 0.0566 e. The molecule has 0 saturated carbocycles. The molecule has 0 spiro atoms. The van der Waals surface area contributed by atoms with Crippen molar-refractivity contribution in [1.82, 2.24) is 9.97 Å². The summed E-state index contributed by atoms with van der Waals surface area (Å²) in [7, 11) is -1.75. The molecule has 6 aromatic carbocycles. The van der Waals surface area contributed by atoms with Crippen LogP contribution >= 0.6 is 15.8 Å². The first kappa shape index (κ1) is 26.9. The highest BCUT2D eigenvalue weighted by molar-refractivity contribution is 7.80. The molecule has 2 N–H and O–H groups in total. The lowest BCUT2D eigenvalue weighted by molar-refractivity contribution is 1.53. The molecule has 0 aliphatic carbocycles. The third kappa shape index (κ3) is 4.78. The minimum atomic E-state index is -0.876. The van der Waals surface area contributed by atoms with E-state index in [4.69, 9.17) is 0 Å². The maximum absolute atomic E-state index is 3.98. The third-order valence-electron chi connectivity index (χ3n) is 8.13. The zero-order valence-corrected chi connectivity index (χ0v) is 25.8. The van der Waals surface area contributed by atoms with Gasteiger partial charge in [0.2, 0.25) is 0 Å². The van der Waals surface area contributed by atoms with Crippen molar-refractivity contribution in [2.45, 2.75) is 0 Å². The second-order valence-electron chi connectivity index (χ2n) is 10.8. The summed E-state index contributed by atoms with van der Waals surface area (Å²) < 4.78 is 0. The van der Waals surface area contributed by atoms with Crippen molar-refractivity contribution < 1.29 is 0 Å². The molecule has 0 bridgehead atoms. The van der Waals surface area contributed by atoms with E-state index in [0.29, 0.717) is 0 Å². The number of benzene rings is 6. The lowest BCUT2D eigenvalue weighted by atomic mass is 10.0. The average molecular weight is 601 g/mol. The molecular formula is C40H30N2P2. The van der Waals surface area contributed by atoms with Crippen LogP contribution in [0.4, 0.5) is 0 Å². The van der Waals surface area contributed by atoms with E-state index in [2.05, 4.69) is 180 Å². The van der Waals surface area contributed by atoms with Crippen molar-refractivity contribution >= 4 is 69.7 Å². The van der Waals surface area contributed by atoms with Crippen molar-refractivity contribution in [3.8, 4) is 11.1 Å². The fraction of sp³-hybridized carbons (Fsp3) is 0. The number of hydrogen-bond acceptors (Lipinski definition) is 0. The summed E-state index contributed by atoms with van der Waals surface area (Å²) in [6, 6.07) is 61.6. The average Bonchev–Trinajstić information content (AvgIpc) is 3.65. The van der Waals surface area contributed by atoms with Crippen LogP contribution in [0.3, 0.4) is 0 Å². The largest absolute Gasteiger partial charge is 0.354 e. The van der Waals surface area contributed by atoms with E-state index >= 15 is 0 Å². The van der Waals surface area contributed by atoms with Gasteiger partial charge in [0.15, 0.2) is 0 Å². The highest BCUT2D eigenvalue weighted by Gasteiger charge is 2.30. The number of para-hydroxylation sites is 2. The monoisotopic (exact) mass is 600 g/mol. The lowest BCUT2D eigenvalue weighted by Gasteiger charge is -2.23. The van der Waals surface area contributed by atoms with Gasteiger partial charge in [-0.3, -0.25) is 0 Å². The van der Waals surface area contributed by atoms with Crippen molar-refractivity contribution in [3.63, 3.8) is 0 Å². The van der Waals surface area contributed by atoms with E-state index in [9.17, 15) is 0 Å². The number of H-pyrrole nitrogens is 2. The molecule has 2 nitrogen and oxygen atoms in total. The molecule has 0 aliphatic rings. The summed E-state index contributed by atoms with van der Waals surface area (Å²) in [5.41, 5.74) is 7.48. The molecule has 0 unspecified atom stereocenters. The first-order valence-corrected chi connectivity index (χ1v) is 17.6. The van der Waals surface area contributed by atoms with Crippen LogP contribution in [0, 0.1) is 0 Å². The quantitative estimate of drug-likeness (QED) is 0.175. The smallest absolute Gasteiger partial charge is 0.0566 e. The van der Waals surface area contributed by atoms with Gasteiger partial charge in [0, 0.05) is 48.8 Å². The Labute approximate surface area is 259 Å². The Morgan fingerprint density at radius 3 is 0.886 bits per heavy atom.